The van der Waals surface area contributed by atoms with Crippen LogP contribution in [0.2, 0.25) is 0 Å². The fraction of sp³-hybridized carbons (Fsp3) is 0.812. The second-order valence-electron chi connectivity index (χ2n) is 7.39. The zero-order valence-corrected chi connectivity index (χ0v) is 14.9. The Morgan fingerprint density at radius 2 is 1.92 bits per heavy atom. The number of aromatic nitrogens is 7. The van der Waals surface area contributed by atoms with Gasteiger partial charge in [0.25, 0.3) is 0 Å². The lowest BCUT2D eigenvalue weighted by Gasteiger charge is -2.32. The third-order valence-electron chi connectivity index (χ3n) is 5.55. The summed E-state index contributed by atoms with van der Waals surface area (Å²) in [5.74, 6) is 2.28. The molecule has 1 N–H and O–H groups in total. The molecule has 2 fully saturated rings. The Morgan fingerprint density at radius 1 is 1.12 bits per heavy atom. The molecule has 0 aliphatic heterocycles. The molecule has 0 amide bonds. The molecular weight excluding hydrogens is 320 g/mol. The molecule has 2 aliphatic carbocycles. The highest BCUT2D eigenvalue weighted by atomic mass is 16.2. The third-order valence-corrected chi connectivity index (χ3v) is 5.55. The number of hydrogen-bond acceptors (Lipinski definition) is 6. The van der Waals surface area contributed by atoms with Crippen molar-refractivity contribution < 1.29 is 0 Å². The van der Waals surface area contributed by atoms with Crippen LogP contribution in [0.1, 0.15) is 56.2 Å². The Labute approximate surface area is 146 Å². The highest BCUT2D eigenvalue weighted by Crippen LogP contribution is 2.34. The number of rotatable bonds is 6. The maximum Gasteiger partial charge on any atom is 0.345 e. The molecule has 2 aliphatic rings. The van der Waals surface area contributed by atoms with Gasteiger partial charge in [0, 0.05) is 26.6 Å². The zero-order chi connectivity index (χ0) is 17.4. The molecule has 136 valence electrons. The van der Waals surface area contributed by atoms with E-state index in [0.717, 1.165) is 30.9 Å². The number of hydrogen-bond donors (Lipinski definition) is 1. The molecule has 2 aromatic rings. The Balaban J connectivity index is 1.42. The first-order chi connectivity index (χ1) is 12.1. The van der Waals surface area contributed by atoms with Crippen LogP contribution < -0.4 is 11.0 Å². The third kappa shape index (κ3) is 3.37. The molecule has 2 heterocycles. The Morgan fingerprint density at radius 3 is 2.64 bits per heavy atom. The van der Waals surface area contributed by atoms with E-state index in [2.05, 4.69) is 25.9 Å². The summed E-state index contributed by atoms with van der Waals surface area (Å²) in [6.45, 7) is 0.700. The number of nitrogens with one attached hydrogen (secondary N) is 1. The van der Waals surface area contributed by atoms with Crippen molar-refractivity contribution in [2.75, 3.05) is 0 Å². The van der Waals surface area contributed by atoms with E-state index < -0.39 is 0 Å². The van der Waals surface area contributed by atoms with Gasteiger partial charge >= 0.3 is 5.69 Å². The summed E-state index contributed by atoms with van der Waals surface area (Å²) >= 11 is 0. The lowest BCUT2D eigenvalue weighted by Crippen LogP contribution is -2.40. The Hall–Kier alpha value is -2.03. The summed E-state index contributed by atoms with van der Waals surface area (Å²) in [7, 11) is 3.51. The van der Waals surface area contributed by atoms with Crippen molar-refractivity contribution >= 4 is 0 Å². The summed E-state index contributed by atoms with van der Waals surface area (Å²) in [5, 5.41) is 20.2. The van der Waals surface area contributed by atoms with Crippen molar-refractivity contribution in [1.29, 1.82) is 0 Å². The fourth-order valence-electron chi connectivity index (χ4n) is 3.90. The minimum absolute atomic E-state index is 0.0565. The van der Waals surface area contributed by atoms with Gasteiger partial charge in [-0.25, -0.2) is 14.2 Å². The molecule has 0 aromatic carbocycles. The Bertz CT molecular complexity index is 786. The van der Waals surface area contributed by atoms with Crippen LogP contribution in [0.25, 0.3) is 0 Å². The maximum atomic E-state index is 11.9. The van der Waals surface area contributed by atoms with Gasteiger partial charge < -0.3 is 5.32 Å². The molecule has 0 unspecified atom stereocenters. The highest BCUT2D eigenvalue weighted by molar-refractivity contribution is 4.95. The average Bonchev–Trinajstić information content (AvgIpc) is 3.31. The van der Waals surface area contributed by atoms with Gasteiger partial charge in [-0.15, -0.1) is 5.10 Å². The van der Waals surface area contributed by atoms with Crippen LogP contribution in [0.5, 0.6) is 0 Å². The monoisotopic (exact) mass is 346 g/mol. The summed E-state index contributed by atoms with van der Waals surface area (Å²) in [6.07, 6.45) is 7.98. The second kappa shape index (κ2) is 6.70. The normalized spacial score (nSPS) is 23.9. The minimum atomic E-state index is -0.0565. The van der Waals surface area contributed by atoms with E-state index in [4.69, 9.17) is 0 Å². The highest BCUT2D eigenvalue weighted by Gasteiger charge is 2.30. The van der Waals surface area contributed by atoms with Crippen LogP contribution in [0.15, 0.2) is 4.79 Å². The van der Waals surface area contributed by atoms with E-state index in [0.29, 0.717) is 24.5 Å². The van der Waals surface area contributed by atoms with Gasteiger partial charge in [0.05, 0.1) is 12.6 Å². The molecule has 0 spiro atoms. The van der Waals surface area contributed by atoms with Crippen molar-refractivity contribution in [2.24, 2.45) is 20.0 Å². The van der Waals surface area contributed by atoms with Crippen LogP contribution in [0, 0.1) is 5.92 Å². The van der Waals surface area contributed by atoms with E-state index in [1.165, 1.54) is 30.4 Å². The average molecular weight is 346 g/mol. The predicted octanol–water partition coefficient (Wildman–Crippen LogP) is 0.331. The lowest BCUT2D eigenvalue weighted by atomic mass is 9.82. The first kappa shape index (κ1) is 16.4. The van der Waals surface area contributed by atoms with Crippen molar-refractivity contribution in [3.63, 3.8) is 0 Å². The summed E-state index contributed by atoms with van der Waals surface area (Å²) < 4.78 is 5.05. The summed E-state index contributed by atoms with van der Waals surface area (Å²) in [6, 6.07) is 0.909. The molecule has 9 heteroatoms. The van der Waals surface area contributed by atoms with E-state index >= 15 is 0 Å². The van der Waals surface area contributed by atoms with Crippen molar-refractivity contribution in [2.45, 2.75) is 63.6 Å². The molecule has 0 radical (unpaired) electrons. The molecule has 25 heavy (non-hydrogen) atoms. The summed E-state index contributed by atoms with van der Waals surface area (Å²) in [4.78, 5) is 11.9. The SMILES string of the molecule is Cn1nc(C[C@H]2CCCC[C@H]2NCc2nnnn2C2CC2)n(C)c1=O. The molecule has 0 saturated heterocycles. The minimum Gasteiger partial charge on any atom is -0.307 e. The first-order valence-corrected chi connectivity index (χ1v) is 9.22. The van der Waals surface area contributed by atoms with Gasteiger partial charge in [-0.1, -0.05) is 12.8 Å². The smallest absolute Gasteiger partial charge is 0.307 e. The van der Waals surface area contributed by atoms with E-state index in [1.807, 2.05) is 4.68 Å². The fourth-order valence-corrected chi connectivity index (χ4v) is 3.90. The van der Waals surface area contributed by atoms with Crippen LogP contribution in [0.4, 0.5) is 0 Å². The van der Waals surface area contributed by atoms with Gasteiger partial charge in [0.15, 0.2) is 5.82 Å². The molecule has 2 saturated carbocycles. The van der Waals surface area contributed by atoms with Crippen LogP contribution >= 0.6 is 0 Å². The molecule has 4 rings (SSSR count). The lowest BCUT2D eigenvalue weighted by molar-refractivity contribution is 0.252. The molecular formula is C16H26N8O. The van der Waals surface area contributed by atoms with Gasteiger partial charge in [0.2, 0.25) is 0 Å². The van der Waals surface area contributed by atoms with Gasteiger partial charge in [-0.2, -0.15) is 5.10 Å². The van der Waals surface area contributed by atoms with Crippen molar-refractivity contribution in [3.05, 3.63) is 22.1 Å². The van der Waals surface area contributed by atoms with E-state index in [1.54, 1.807) is 18.7 Å². The van der Waals surface area contributed by atoms with Crippen LogP contribution in [-0.4, -0.2) is 40.6 Å². The largest absolute Gasteiger partial charge is 0.345 e. The van der Waals surface area contributed by atoms with Crippen molar-refractivity contribution in [1.82, 2.24) is 39.9 Å². The van der Waals surface area contributed by atoms with Gasteiger partial charge in [-0.3, -0.25) is 4.57 Å². The maximum absolute atomic E-state index is 11.9. The predicted molar refractivity (Wildman–Crippen MR) is 90.8 cm³/mol. The molecule has 2 atom stereocenters. The molecule has 0 bridgehead atoms. The topological polar surface area (TPSA) is 95.5 Å². The van der Waals surface area contributed by atoms with Crippen molar-refractivity contribution in [3.8, 4) is 0 Å². The standard InChI is InChI=1S/C16H26N8O/c1-22-14(19-23(2)16(22)25)9-11-5-3-4-6-13(11)17-10-15-18-20-21-24(15)12-7-8-12/h11-13,17H,3-10H2,1-2H3/t11-,13-/m1/s1. The van der Waals surface area contributed by atoms with Gasteiger partial charge in [-0.05, 0) is 42.0 Å². The number of aryl methyl sites for hydroxylation is 1. The summed E-state index contributed by atoms with van der Waals surface area (Å²) in [5.41, 5.74) is -0.0565. The number of nitrogens with zero attached hydrogens (tertiary/aromatic N) is 7. The quantitative estimate of drug-likeness (QED) is 0.810. The van der Waals surface area contributed by atoms with Crippen LogP contribution in [-0.2, 0) is 27.1 Å². The van der Waals surface area contributed by atoms with Crippen LogP contribution in [0.3, 0.4) is 0 Å². The number of tetrazole rings is 1. The Kier molecular flexibility index (Phi) is 4.41. The zero-order valence-electron chi connectivity index (χ0n) is 14.9. The van der Waals surface area contributed by atoms with Gasteiger partial charge in [0.1, 0.15) is 5.82 Å². The van der Waals surface area contributed by atoms with E-state index in [-0.39, 0.29) is 5.69 Å². The second-order valence-corrected chi connectivity index (χ2v) is 7.39. The molecule has 2 aromatic heterocycles. The first-order valence-electron chi connectivity index (χ1n) is 9.22. The van der Waals surface area contributed by atoms with E-state index in [9.17, 15) is 4.79 Å². The molecule has 9 nitrogen and oxygen atoms in total.